The molecule has 0 saturated heterocycles. The molecule has 6 heteroatoms. The first-order chi connectivity index (χ1) is 7.31. The Labute approximate surface area is 91.9 Å². The molecule has 2 rings (SSSR count). The Hall–Kier alpha value is -1.24. The van der Waals surface area contributed by atoms with Crippen LogP contribution in [0.5, 0.6) is 0 Å². The van der Waals surface area contributed by atoms with Crippen molar-refractivity contribution in [2.24, 2.45) is 12.9 Å². The fourth-order valence-corrected chi connectivity index (χ4v) is 2.19. The summed E-state index contributed by atoms with van der Waals surface area (Å²) < 4.78 is 1.73. The molecule has 0 aliphatic heterocycles. The standard InChI is InChI=1S/C9H13N5S/c1-14-9(5-11-13-14)8(12-10)4-7-2-3-15-6-7/h2-3,5-6,8,12H,4,10H2,1H3. The lowest BCUT2D eigenvalue weighted by atomic mass is 10.1. The van der Waals surface area contributed by atoms with Crippen molar-refractivity contribution in [1.82, 2.24) is 20.4 Å². The molecule has 0 saturated carbocycles. The second-order valence-electron chi connectivity index (χ2n) is 3.34. The minimum atomic E-state index is 0.0552. The molecule has 0 aromatic carbocycles. The Balaban J connectivity index is 2.15. The quantitative estimate of drug-likeness (QED) is 0.589. The number of thiophene rings is 1. The highest BCUT2D eigenvalue weighted by Crippen LogP contribution is 2.17. The summed E-state index contributed by atoms with van der Waals surface area (Å²) in [5, 5.41) is 11.9. The molecule has 2 heterocycles. The average Bonchev–Trinajstić information content (AvgIpc) is 2.85. The fraction of sp³-hybridized carbons (Fsp3) is 0.333. The third-order valence-corrected chi connectivity index (χ3v) is 3.06. The number of aromatic nitrogens is 3. The lowest BCUT2D eigenvalue weighted by Gasteiger charge is -2.14. The first kappa shape index (κ1) is 10.3. The maximum Gasteiger partial charge on any atom is 0.0770 e. The monoisotopic (exact) mass is 223 g/mol. The van der Waals surface area contributed by atoms with Crippen LogP contribution in [0.3, 0.4) is 0 Å². The molecule has 3 N–H and O–H groups in total. The van der Waals surface area contributed by atoms with E-state index < -0.39 is 0 Å². The van der Waals surface area contributed by atoms with Crippen molar-refractivity contribution in [2.75, 3.05) is 0 Å². The Bertz CT molecular complexity index is 408. The largest absolute Gasteiger partial charge is 0.271 e. The van der Waals surface area contributed by atoms with Crippen molar-refractivity contribution in [3.63, 3.8) is 0 Å². The summed E-state index contributed by atoms with van der Waals surface area (Å²) >= 11 is 1.69. The molecule has 5 nitrogen and oxygen atoms in total. The van der Waals surface area contributed by atoms with Crippen LogP contribution in [0.25, 0.3) is 0 Å². The lowest BCUT2D eigenvalue weighted by Crippen LogP contribution is -2.31. The Morgan fingerprint density at radius 1 is 1.67 bits per heavy atom. The normalized spacial score (nSPS) is 12.9. The molecule has 2 aromatic rings. The van der Waals surface area contributed by atoms with Crippen LogP contribution >= 0.6 is 11.3 Å². The van der Waals surface area contributed by atoms with E-state index in [1.165, 1.54) is 5.56 Å². The highest BCUT2D eigenvalue weighted by Gasteiger charge is 2.14. The molecule has 0 amide bonds. The highest BCUT2D eigenvalue weighted by atomic mass is 32.1. The van der Waals surface area contributed by atoms with Gasteiger partial charge in [0.05, 0.1) is 17.9 Å². The topological polar surface area (TPSA) is 68.8 Å². The molecular weight excluding hydrogens is 210 g/mol. The summed E-state index contributed by atoms with van der Waals surface area (Å²) in [6, 6.07) is 2.15. The van der Waals surface area contributed by atoms with Crippen molar-refractivity contribution in [2.45, 2.75) is 12.5 Å². The Morgan fingerprint density at radius 2 is 2.53 bits per heavy atom. The maximum atomic E-state index is 5.53. The Kier molecular flexibility index (Phi) is 3.10. The van der Waals surface area contributed by atoms with Crippen molar-refractivity contribution < 1.29 is 0 Å². The summed E-state index contributed by atoms with van der Waals surface area (Å²) in [5.41, 5.74) is 5.04. The van der Waals surface area contributed by atoms with Crippen LogP contribution in [-0.2, 0) is 13.5 Å². The van der Waals surface area contributed by atoms with Gasteiger partial charge in [-0.25, -0.2) is 0 Å². The third kappa shape index (κ3) is 2.23. The highest BCUT2D eigenvalue weighted by molar-refractivity contribution is 7.07. The number of aryl methyl sites for hydroxylation is 1. The van der Waals surface area contributed by atoms with E-state index in [-0.39, 0.29) is 6.04 Å². The van der Waals surface area contributed by atoms with Gasteiger partial charge in [0.15, 0.2) is 0 Å². The van der Waals surface area contributed by atoms with E-state index >= 15 is 0 Å². The maximum absolute atomic E-state index is 5.53. The van der Waals surface area contributed by atoms with Crippen molar-refractivity contribution in [1.29, 1.82) is 0 Å². The molecular formula is C9H13N5S. The zero-order valence-electron chi connectivity index (χ0n) is 8.42. The van der Waals surface area contributed by atoms with Crippen LogP contribution in [0.15, 0.2) is 23.0 Å². The van der Waals surface area contributed by atoms with Gasteiger partial charge < -0.3 is 0 Å². The fourth-order valence-electron chi connectivity index (χ4n) is 1.51. The summed E-state index contributed by atoms with van der Waals surface area (Å²) in [6.07, 6.45) is 2.58. The van der Waals surface area contributed by atoms with Gasteiger partial charge in [0.25, 0.3) is 0 Å². The first-order valence-electron chi connectivity index (χ1n) is 4.63. The van der Waals surface area contributed by atoms with Gasteiger partial charge in [-0.1, -0.05) is 5.21 Å². The predicted octanol–water partition coefficient (Wildman–Crippen LogP) is 0.624. The summed E-state index contributed by atoms with van der Waals surface area (Å²) in [6.45, 7) is 0. The molecule has 15 heavy (non-hydrogen) atoms. The second kappa shape index (κ2) is 4.52. The Morgan fingerprint density at radius 3 is 3.07 bits per heavy atom. The van der Waals surface area contributed by atoms with E-state index in [2.05, 4.69) is 32.6 Å². The van der Waals surface area contributed by atoms with Crippen molar-refractivity contribution in [3.8, 4) is 0 Å². The van der Waals surface area contributed by atoms with E-state index in [4.69, 9.17) is 5.84 Å². The van der Waals surface area contributed by atoms with Crippen molar-refractivity contribution in [3.05, 3.63) is 34.3 Å². The van der Waals surface area contributed by atoms with Gasteiger partial charge in [-0.15, -0.1) is 5.10 Å². The van der Waals surface area contributed by atoms with Crippen molar-refractivity contribution >= 4 is 11.3 Å². The molecule has 80 valence electrons. The SMILES string of the molecule is Cn1nncc1C(Cc1ccsc1)NN. The minimum Gasteiger partial charge on any atom is -0.271 e. The van der Waals surface area contributed by atoms with Crippen LogP contribution in [0.1, 0.15) is 17.3 Å². The van der Waals surface area contributed by atoms with Gasteiger partial charge in [0, 0.05) is 7.05 Å². The molecule has 1 atom stereocenters. The van der Waals surface area contributed by atoms with Gasteiger partial charge in [0.2, 0.25) is 0 Å². The summed E-state index contributed by atoms with van der Waals surface area (Å²) in [4.78, 5) is 0. The minimum absolute atomic E-state index is 0.0552. The van der Waals surface area contributed by atoms with Crippen LogP contribution in [0.4, 0.5) is 0 Å². The van der Waals surface area contributed by atoms with Crippen LogP contribution < -0.4 is 11.3 Å². The number of nitrogens with one attached hydrogen (secondary N) is 1. The molecule has 0 spiro atoms. The average molecular weight is 223 g/mol. The van der Waals surface area contributed by atoms with E-state index in [1.54, 1.807) is 22.2 Å². The second-order valence-corrected chi connectivity index (χ2v) is 4.12. The zero-order chi connectivity index (χ0) is 10.7. The van der Waals surface area contributed by atoms with Crippen LogP contribution in [0.2, 0.25) is 0 Å². The van der Waals surface area contributed by atoms with E-state index in [1.807, 2.05) is 7.05 Å². The number of hydrogen-bond acceptors (Lipinski definition) is 5. The van der Waals surface area contributed by atoms with Gasteiger partial charge >= 0.3 is 0 Å². The number of nitrogens with two attached hydrogens (primary N) is 1. The lowest BCUT2D eigenvalue weighted by molar-refractivity contribution is 0.507. The van der Waals surface area contributed by atoms with Gasteiger partial charge in [-0.05, 0) is 28.8 Å². The van der Waals surface area contributed by atoms with E-state index in [0.717, 1.165) is 12.1 Å². The number of hydrogen-bond donors (Lipinski definition) is 2. The number of rotatable bonds is 4. The molecule has 0 fully saturated rings. The third-order valence-electron chi connectivity index (χ3n) is 2.33. The van der Waals surface area contributed by atoms with Crippen LogP contribution in [0, 0.1) is 0 Å². The van der Waals surface area contributed by atoms with Gasteiger partial charge in [-0.3, -0.25) is 16.0 Å². The molecule has 0 aliphatic carbocycles. The van der Waals surface area contributed by atoms with E-state index in [9.17, 15) is 0 Å². The molecule has 0 bridgehead atoms. The molecule has 2 aromatic heterocycles. The molecule has 0 aliphatic rings. The first-order valence-corrected chi connectivity index (χ1v) is 5.57. The number of nitrogens with zero attached hydrogens (tertiary/aromatic N) is 3. The van der Waals surface area contributed by atoms with E-state index in [0.29, 0.717) is 0 Å². The zero-order valence-corrected chi connectivity index (χ0v) is 9.24. The summed E-state index contributed by atoms with van der Waals surface area (Å²) in [5.74, 6) is 5.53. The molecule has 0 radical (unpaired) electrons. The van der Waals surface area contributed by atoms with Gasteiger partial charge in [0.1, 0.15) is 0 Å². The van der Waals surface area contributed by atoms with Crippen LogP contribution in [-0.4, -0.2) is 15.0 Å². The van der Waals surface area contributed by atoms with Gasteiger partial charge in [-0.2, -0.15) is 11.3 Å². The number of hydrazine groups is 1. The summed E-state index contributed by atoms with van der Waals surface area (Å²) in [7, 11) is 1.86. The smallest absolute Gasteiger partial charge is 0.0770 e. The predicted molar refractivity (Wildman–Crippen MR) is 59.1 cm³/mol. The molecule has 1 unspecified atom stereocenters.